The van der Waals surface area contributed by atoms with Crippen LogP contribution in [-0.2, 0) is 4.79 Å². The molecular weight excluding hydrogens is 256 g/mol. The van der Waals surface area contributed by atoms with E-state index in [-0.39, 0.29) is 0 Å². The second-order valence-corrected chi connectivity index (χ2v) is 7.29. The largest absolute Gasteiger partial charge is 0.300 e. The van der Waals surface area contributed by atoms with Gasteiger partial charge in [0, 0.05) is 6.42 Å². The van der Waals surface area contributed by atoms with E-state index in [9.17, 15) is 4.79 Å². The third-order valence-corrected chi connectivity index (χ3v) is 4.67. The SMILES string of the molecule is CCCC[C@@H](C)CCCCCCC[C@@H](C)CCCC(C)=O. The number of Topliss-reactive ketones (excluding diaryl/α,β-unsaturated/α-hetero) is 1. The van der Waals surface area contributed by atoms with Gasteiger partial charge in [0.25, 0.3) is 0 Å². The molecule has 0 aromatic carbocycles. The molecule has 0 radical (unpaired) electrons. The smallest absolute Gasteiger partial charge is 0.129 e. The third-order valence-electron chi connectivity index (χ3n) is 4.67. The van der Waals surface area contributed by atoms with Crippen molar-refractivity contribution in [2.24, 2.45) is 11.8 Å². The fraction of sp³-hybridized carbons (Fsp3) is 0.950. The van der Waals surface area contributed by atoms with Gasteiger partial charge in [0.2, 0.25) is 0 Å². The highest BCUT2D eigenvalue weighted by atomic mass is 16.1. The number of carbonyl (C=O) groups excluding carboxylic acids is 1. The number of hydrogen-bond donors (Lipinski definition) is 0. The number of carbonyl (C=O) groups is 1. The summed E-state index contributed by atoms with van der Waals surface area (Å²) in [6.45, 7) is 8.75. The molecule has 0 fully saturated rings. The van der Waals surface area contributed by atoms with Crippen LogP contribution in [0, 0.1) is 11.8 Å². The average Bonchev–Trinajstić information content (AvgIpc) is 2.43. The minimum absolute atomic E-state index is 0.343. The van der Waals surface area contributed by atoms with E-state index in [1.165, 1.54) is 70.6 Å². The predicted molar refractivity (Wildman–Crippen MR) is 94.7 cm³/mol. The van der Waals surface area contributed by atoms with Crippen molar-refractivity contribution >= 4 is 5.78 Å². The lowest BCUT2D eigenvalue weighted by Crippen LogP contribution is -1.98. The van der Waals surface area contributed by atoms with Crippen LogP contribution in [0.2, 0.25) is 0 Å². The van der Waals surface area contributed by atoms with Crippen molar-refractivity contribution in [1.82, 2.24) is 0 Å². The third kappa shape index (κ3) is 15.9. The molecule has 0 bridgehead atoms. The van der Waals surface area contributed by atoms with Crippen molar-refractivity contribution < 1.29 is 4.79 Å². The molecule has 0 spiro atoms. The van der Waals surface area contributed by atoms with Gasteiger partial charge in [-0.2, -0.15) is 0 Å². The van der Waals surface area contributed by atoms with Crippen molar-refractivity contribution in [3.8, 4) is 0 Å². The van der Waals surface area contributed by atoms with Crippen LogP contribution in [0.15, 0.2) is 0 Å². The maximum Gasteiger partial charge on any atom is 0.129 e. The Morgan fingerprint density at radius 1 is 0.714 bits per heavy atom. The molecule has 21 heavy (non-hydrogen) atoms. The fourth-order valence-electron chi connectivity index (χ4n) is 3.06. The molecule has 0 aliphatic carbocycles. The van der Waals surface area contributed by atoms with E-state index in [2.05, 4.69) is 20.8 Å². The maximum atomic E-state index is 10.9. The lowest BCUT2D eigenvalue weighted by atomic mass is 9.95. The molecule has 0 saturated heterocycles. The van der Waals surface area contributed by atoms with Crippen LogP contribution >= 0.6 is 0 Å². The zero-order valence-electron chi connectivity index (χ0n) is 15.3. The molecule has 2 atom stereocenters. The molecule has 0 aromatic rings. The monoisotopic (exact) mass is 296 g/mol. The van der Waals surface area contributed by atoms with Crippen LogP contribution in [0.3, 0.4) is 0 Å². The Bertz CT molecular complexity index is 234. The first-order chi connectivity index (χ1) is 10.1. The van der Waals surface area contributed by atoms with Gasteiger partial charge in [0.1, 0.15) is 5.78 Å². The van der Waals surface area contributed by atoms with Crippen molar-refractivity contribution in [1.29, 1.82) is 0 Å². The van der Waals surface area contributed by atoms with Gasteiger partial charge in [-0.25, -0.2) is 0 Å². The lowest BCUT2D eigenvalue weighted by Gasteiger charge is -2.11. The first kappa shape index (κ1) is 20.7. The van der Waals surface area contributed by atoms with Gasteiger partial charge in [-0.1, -0.05) is 91.4 Å². The Labute approximate surface area is 134 Å². The van der Waals surface area contributed by atoms with Gasteiger partial charge in [-0.15, -0.1) is 0 Å². The highest BCUT2D eigenvalue weighted by molar-refractivity contribution is 5.75. The number of rotatable bonds is 15. The number of ketones is 1. The van der Waals surface area contributed by atoms with Gasteiger partial charge in [-0.05, 0) is 25.2 Å². The van der Waals surface area contributed by atoms with E-state index >= 15 is 0 Å². The van der Waals surface area contributed by atoms with Crippen LogP contribution in [-0.4, -0.2) is 5.78 Å². The number of hydrogen-bond acceptors (Lipinski definition) is 1. The zero-order chi connectivity index (χ0) is 15.9. The molecule has 126 valence electrons. The molecule has 0 saturated carbocycles. The second-order valence-electron chi connectivity index (χ2n) is 7.29. The van der Waals surface area contributed by atoms with Gasteiger partial charge < -0.3 is 4.79 Å². The lowest BCUT2D eigenvalue weighted by molar-refractivity contribution is -0.117. The predicted octanol–water partition coefficient (Wildman–Crippen LogP) is 6.94. The van der Waals surface area contributed by atoms with Gasteiger partial charge in [0.15, 0.2) is 0 Å². The summed E-state index contributed by atoms with van der Waals surface area (Å²) >= 11 is 0. The normalized spacial score (nSPS) is 14.1. The highest BCUT2D eigenvalue weighted by Gasteiger charge is 2.04. The van der Waals surface area contributed by atoms with Crippen LogP contribution in [0.4, 0.5) is 0 Å². The van der Waals surface area contributed by atoms with E-state index in [1.807, 2.05) is 0 Å². The topological polar surface area (TPSA) is 17.1 Å². The molecule has 0 amide bonds. The molecule has 0 aliphatic heterocycles. The van der Waals surface area contributed by atoms with Gasteiger partial charge in [0.05, 0.1) is 0 Å². The van der Waals surface area contributed by atoms with Gasteiger partial charge >= 0.3 is 0 Å². The highest BCUT2D eigenvalue weighted by Crippen LogP contribution is 2.19. The van der Waals surface area contributed by atoms with E-state index in [4.69, 9.17) is 0 Å². The summed E-state index contributed by atoms with van der Waals surface area (Å²) in [5, 5.41) is 0. The quantitative estimate of drug-likeness (QED) is 0.299. The molecule has 0 rings (SSSR count). The molecule has 0 heterocycles. The molecule has 0 N–H and O–H groups in total. The Morgan fingerprint density at radius 3 is 1.62 bits per heavy atom. The first-order valence-corrected chi connectivity index (χ1v) is 9.55. The Hall–Kier alpha value is -0.330. The van der Waals surface area contributed by atoms with Crippen LogP contribution in [0.1, 0.15) is 111 Å². The molecule has 0 aromatic heterocycles. The average molecular weight is 297 g/mol. The standard InChI is InChI=1S/C20H40O/c1-5-6-13-18(2)14-10-8-7-9-11-15-19(3)16-12-17-20(4)21/h18-19H,5-17H2,1-4H3/t18-,19-/m1/s1. The summed E-state index contributed by atoms with van der Waals surface area (Å²) < 4.78 is 0. The molecule has 0 unspecified atom stereocenters. The van der Waals surface area contributed by atoms with Crippen LogP contribution in [0.25, 0.3) is 0 Å². The van der Waals surface area contributed by atoms with E-state index in [0.717, 1.165) is 24.7 Å². The van der Waals surface area contributed by atoms with Gasteiger partial charge in [-0.3, -0.25) is 0 Å². The maximum absolute atomic E-state index is 10.9. The minimum atomic E-state index is 0.343. The summed E-state index contributed by atoms with van der Waals surface area (Å²) in [7, 11) is 0. The Morgan fingerprint density at radius 2 is 1.14 bits per heavy atom. The Balaban J connectivity index is 3.26. The van der Waals surface area contributed by atoms with Crippen molar-refractivity contribution in [3.05, 3.63) is 0 Å². The summed E-state index contributed by atoms with van der Waals surface area (Å²) in [4.78, 5) is 10.9. The summed E-state index contributed by atoms with van der Waals surface area (Å²) in [6, 6.07) is 0. The Kier molecular flexibility index (Phi) is 14.4. The van der Waals surface area contributed by atoms with Crippen molar-refractivity contribution in [2.45, 2.75) is 111 Å². The van der Waals surface area contributed by atoms with E-state index in [1.54, 1.807) is 6.92 Å². The summed E-state index contributed by atoms with van der Waals surface area (Å²) in [5.74, 6) is 2.08. The molecule has 1 heteroatoms. The van der Waals surface area contributed by atoms with Crippen molar-refractivity contribution in [2.75, 3.05) is 0 Å². The first-order valence-electron chi connectivity index (χ1n) is 9.55. The van der Waals surface area contributed by atoms with E-state index < -0.39 is 0 Å². The zero-order valence-corrected chi connectivity index (χ0v) is 15.3. The second kappa shape index (κ2) is 14.6. The van der Waals surface area contributed by atoms with E-state index in [0.29, 0.717) is 5.78 Å². The van der Waals surface area contributed by atoms with Crippen molar-refractivity contribution in [3.63, 3.8) is 0 Å². The van der Waals surface area contributed by atoms with Crippen LogP contribution < -0.4 is 0 Å². The molecular formula is C20H40O. The minimum Gasteiger partial charge on any atom is -0.300 e. The molecule has 0 aliphatic rings. The van der Waals surface area contributed by atoms with Crippen LogP contribution in [0.5, 0.6) is 0 Å². The molecule has 1 nitrogen and oxygen atoms in total. The fourth-order valence-corrected chi connectivity index (χ4v) is 3.06. The summed E-state index contributed by atoms with van der Waals surface area (Å²) in [6.07, 6.45) is 17.1. The summed E-state index contributed by atoms with van der Waals surface area (Å²) in [5.41, 5.74) is 0. The number of unbranched alkanes of at least 4 members (excludes halogenated alkanes) is 5.